The van der Waals surface area contributed by atoms with E-state index >= 15 is 0 Å². The molecule has 3 aromatic rings. The van der Waals surface area contributed by atoms with Gasteiger partial charge in [0.1, 0.15) is 5.01 Å². The van der Waals surface area contributed by atoms with Gasteiger partial charge in [-0.15, -0.1) is 10.2 Å². The van der Waals surface area contributed by atoms with Crippen molar-refractivity contribution in [2.45, 2.75) is 20.3 Å². The summed E-state index contributed by atoms with van der Waals surface area (Å²) in [4.78, 5) is 24.8. The third-order valence-electron chi connectivity index (χ3n) is 4.24. The lowest BCUT2D eigenvalue weighted by atomic mass is 10.2. The van der Waals surface area contributed by atoms with Gasteiger partial charge in [0.15, 0.2) is 11.5 Å². The maximum atomic E-state index is 12.6. The van der Waals surface area contributed by atoms with Gasteiger partial charge in [-0.1, -0.05) is 35.1 Å². The fourth-order valence-electron chi connectivity index (χ4n) is 2.79. The lowest BCUT2D eigenvalue weighted by molar-refractivity contribution is 0.0953. The van der Waals surface area contributed by atoms with E-state index in [-0.39, 0.29) is 11.8 Å². The van der Waals surface area contributed by atoms with E-state index in [4.69, 9.17) is 21.1 Å². The molecule has 0 saturated carbocycles. The van der Waals surface area contributed by atoms with Crippen LogP contribution in [0.4, 0.5) is 5.13 Å². The van der Waals surface area contributed by atoms with E-state index in [2.05, 4.69) is 20.8 Å². The Morgan fingerprint density at radius 3 is 2.50 bits per heavy atom. The Bertz CT molecular complexity index is 1090. The van der Waals surface area contributed by atoms with Crippen molar-refractivity contribution in [3.8, 4) is 11.5 Å². The van der Waals surface area contributed by atoms with E-state index in [1.165, 1.54) is 11.3 Å². The van der Waals surface area contributed by atoms with Crippen molar-refractivity contribution in [1.29, 1.82) is 0 Å². The van der Waals surface area contributed by atoms with Crippen LogP contribution >= 0.6 is 22.9 Å². The van der Waals surface area contributed by atoms with Crippen molar-refractivity contribution in [2.24, 2.45) is 0 Å². The van der Waals surface area contributed by atoms with Crippen molar-refractivity contribution >= 4 is 39.9 Å². The first-order valence-corrected chi connectivity index (χ1v) is 11.3. The van der Waals surface area contributed by atoms with Crippen molar-refractivity contribution in [3.05, 3.63) is 63.6 Å². The zero-order valence-corrected chi connectivity index (χ0v) is 19.3. The van der Waals surface area contributed by atoms with E-state index < -0.39 is 0 Å². The van der Waals surface area contributed by atoms with Crippen LogP contribution in [0.15, 0.2) is 42.5 Å². The Hall–Kier alpha value is -3.17. The first-order chi connectivity index (χ1) is 15.5. The SMILES string of the molecule is CCOc1ccc(C(=O)Nc2nnc(CCNC(=O)c3ccccc3Cl)s2)cc1OCC. The molecular weight excluding hydrogens is 452 g/mol. The molecule has 0 aliphatic carbocycles. The number of anilines is 1. The topological polar surface area (TPSA) is 102 Å². The second-order valence-electron chi connectivity index (χ2n) is 6.47. The zero-order valence-electron chi connectivity index (χ0n) is 17.7. The van der Waals surface area contributed by atoms with Crippen molar-refractivity contribution in [1.82, 2.24) is 15.5 Å². The summed E-state index contributed by atoms with van der Waals surface area (Å²) in [5.74, 6) is 0.509. The predicted molar refractivity (Wildman–Crippen MR) is 124 cm³/mol. The minimum absolute atomic E-state index is 0.255. The van der Waals surface area contributed by atoms with Gasteiger partial charge in [-0.3, -0.25) is 14.9 Å². The van der Waals surface area contributed by atoms with Crippen LogP contribution < -0.4 is 20.1 Å². The molecule has 0 atom stereocenters. The van der Waals surface area contributed by atoms with Crippen molar-refractivity contribution in [2.75, 3.05) is 25.1 Å². The highest BCUT2D eigenvalue weighted by atomic mass is 35.5. The molecular formula is C22H23ClN4O4S. The van der Waals surface area contributed by atoms with E-state index in [1.807, 2.05) is 13.8 Å². The van der Waals surface area contributed by atoms with Crippen molar-refractivity contribution in [3.63, 3.8) is 0 Å². The summed E-state index contributed by atoms with van der Waals surface area (Å²) < 4.78 is 11.1. The fraction of sp³-hybridized carbons (Fsp3) is 0.273. The number of rotatable bonds is 10. The molecule has 168 valence electrons. The number of halogens is 1. The Kier molecular flexibility index (Phi) is 8.41. The molecule has 0 spiro atoms. The number of benzene rings is 2. The Morgan fingerprint density at radius 2 is 1.75 bits per heavy atom. The van der Waals surface area contributed by atoms with Crippen LogP contribution in [0.5, 0.6) is 11.5 Å². The molecule has 1 heterocycles. The Morgan fingerprint density at radius 1 is 1.00 bits per heavy atom. The molecule has 0 saturated heterocycles. The van der Waals surface area contributed by atoms with Gasteiger partial charge in [0.25, 0.3) is 11.8 Å². The summed E-state index contributed by atoms with van der Waals surface area (Å²) >= 11 is 7.28. The third-order valence-corrected chi connectivity index (χ3v) is 5.46. The van der Waals surface area contributed by atoms with Crippen molar-refractivity contribution < 1.29 is 19.1 Å². The zero-order chi connectivity index (χ0) is 22.9. The predicted octanol–water partition coefficient (Wildman–Crippen LogP) is 4.21. The van der Waals surface area contributed by atoms with Crippen LogP contribution in [0.1, 0.15) is 39.6 Å². The number of nitrogens with zero attached hydrogens (tertiary/aromatic N) is 2. The molecule has 8 nitrogen and oxygen atoms in total. The normalized spacial score (nSPS) is 10.5. The summed E-state index contributed by atoms with van der Waals surface area (Å²) in [6.45, 7) is 5.06. The van der Waals surface area contributed by atoms with Gasteiger partial charge in [0.2, 0.25) is 5.13 Å². The Labute approximate surface area is 194 Å². The molecule has 2 aromatic carbocycles. The van der Waals surface area contributed by atoms with Gasteiger partial charge in [0, 0.05) is 18.5 Å². The van der Waals surface area contributed by atoms with E-state index in [0.29, 0.717) is 64.0 Å². The van der Waals surface area contributed by atoms with Gasteiger partial charge in [-0.2, -0.15) is 0 Å². The first kappa shape index (κ1) is 23.5. The monoisotopic (exact) mass is 474 g/mol. The van der Waals surface area contributed by atoms with E-state index in [0.717, 1.165) is 0 Å². The molecule has 32 heavy (non-hydrogen) atoms. The van der Waals surface area contributed by atoms with Gasteiger partial charge in [-0.25, -0.2) is 0 Å². The molecule has 3 rings (SSSR count). The number of nitrogens with one attached hydrogen (secondary N) is 2. The molecule has 0 radical (unpaired) electrons. The molecule has 0 aliphatic heterocycles. The molecule has 2 N–H and O–H groups in total. The quantitative estimate of drug-likeness (QED) is 0.456. The van der Waals surface area contributed by atoms with Gasteiger partial charge >= 0.3 is 0 Å². The molecule has 0 bridgehead atoms. The van der Waals surface area contributed by atoms with Gasteiger partial charge in [0.05, 0.1) is 23.8 Å². The van der Waals surface area contributed by atoms with Crippen LogP contribution in [-0.4, -0.2) is 41.8 Å². The molecule has 0 fully saturated rings. The van der Waals surface area contributed by atoms with Crippen LogP contribution in [0.3, 0.4) is 0 Å². The number of carbonyl (C=O) groups excluding carboxylic acids is 2. The first-order valence-electron chi connectivity index (χ1n) is 10.1. The second kappa shape index (κ2) is 11.4. The highest BCUT2D eigenvalue weighted by Crippen LogP contribution is 2.29. The smallest absolute Gasteiger partial charge is 0.257 e. The average Bonchev–Trinajstić information content (AvgIpc) is 3.22. The highest BCUT2D eigenvalue weighted by Gasteiger charge is 2.14. The van der Waals surface area contributed by atoms with Gasteiger partial charge < -0.3 is 14.8 Å². The fourth-order valence-corrected chi connectivity index (χ4v) is 3.75. The highest BCUT2D eigenvalue weighted by molar-refractivity contribution is 7.15. The summed E-state index contributed by atoms with van der Waals surface area (Å²) in [5, 5.41) is 15.1. The van der Waals surface area contributed by atoms with Crippen LogP contribution in [0.2, 0.25) is 5.02 Å². The molecule has 10 heteroatoms. The summed E-state index contributed by atoms with van der Waals surface area (Å²) in [7, 11) is 0. The second-order valence-corrected chi connectivity index (χ2v) is 7.94. The molecule has 0 aliphatic rings. The molecule has 2 amide bonds. The molecule has 1 aromatic heterocycles. The molecule has 0 unspecified atom stereocenters. The standard InChI is InChI=1S/C22H23ClN4O4S/c1-3-30-17-10-9-14(13-18(17)31-4-2)20(28)25-22-27-26-19(32-22)11-12-24-21(29)15-7-5-6-8-16(15)23/h5-10,13H,3-4,11-12H2,1-2H3,(H,24,29)(H,25,27,28). The number of ether oxygens (including phenoxy) is 2. The summed E-state index contributed by atoms with van der Waals surface area (Å²) in [6, 6.07) is 11.8. The largest absolute Gasteiger partial charge is 0.490 e. The Balaban J connectivity index is 1.55. The number of amides is 2. The minimum Gasteiger partial charge on any atom is -0.490 e. The maximum absolute atomic E-state index is 12.6. The number of carbonyl (C=O) groups is 2. The van der Waals surface area contributed by atoms with Crippen LogP contribution in [0.25, 0.3) is 0 Å². The average molecular weight is 475 g/mol. The summed E-state index contributed by atoms with van der Waals surface area (Å²) in [5.41, 5.74) is 0.835. The van der Waals surface area contributed by atoms with Crippen LogP contribution in [-0.2, 0) is 6.42 Å². The number of hydrogen-bond acceptors (Lipinski definition) is 7. The van der Waals surface area contributed by atoms with E-state index in [9.17, 15) is 9.59 Å². The van der Waals surface area contributed by atoms with E-state index in [1.54, 1.807) is 42.5 Å². The third kappa shape index (κ3) is 6.18. The minimum atomic E-state index is -0.330. The lowest BCUT2D eigenvalue weighted by Crippen LogP contribution is -2.25. The number of aromatic nitrogens is 2. The maximum Gasteiger partial charge on any atom is 0.257 e. The number of hydrogen-bond donors (Lipinski definition) is 2. The van der Waals surface area contributed by atoms with Crippen LogP contribution in [0, 0.1) is 0 Å². The van der Waals surface area contributed by atoms with Gasteiger partial charge in [-0.05, 0) is 44.2 Å². The summed E-state index contributed by atoms with van der Waals surface area (Å²) in [6.07, 6.45) is 0.473. The lowest BCUT2D eigenvalue weighted by Gasteiger charge is -2.12.